The number of benzene rings is 4. The van der Waals surface area contributed by atoms with Gasteiger partial charge < -0.3 is 38.6 Å². The number of hydrogen-bond donors (Lipinski definition) is 1. The summed E-state index contributed by atoms with van der Waals surface area (Å²) in [6.45, 7) is 9.55. The lowest BCUT2D eigenvalue weighted by molar-refractivity contribution is -0.131. The maximum atomic E-state index is 15.9. The highest BCUT2D eigenvalue weighted by Crippen LogP contribution is 2.40. The van der Waals surface area contributed by atoms with E-state index in [1.165, 1.54) is 54.5 Å². The average Bonchev–Trinajstić information content (AvgIpc) is 3.72. The number of phenolic OH excluding ortho intramolecular Hbond substituents is 1. The molecule has 386 valence electrons. The normalized spacial score (nSPS) is 17.1. The van der Waals surface area contributed by atoms with E-state index in [0.717, 1.165) is 55.7 Å². The molecule has 74 heavy (non-hydrogen) atoms. The van der Waals surface area contributed by atoms with E-state index in [1.54, 1.807) is 29.2 Å². The fourth-order valence-corrected chi connectivity index (χ4v) is 10.9. The number of carbonyl (C=O) groups excluding carboxylic acids is 3. The third-order valence-corrected chi connectivity index (χ3v) is 15.2. The van der Waals surface area contributed by atoms with E-state index in [-0.39, 0.29) is 59.3 Å². The molecule has 14 nitrogen and oxygen atoms in total. The van der Waals surface area contributed by atoms with Crippen LogP contribution in [0.4, 0.5) is 20.2 Å². The zero-order valence-corrected chi connectivity index (χ0v) is 42.3. The Bertz CT molecular complexity index is 3040. The van der Waals surface area contributed by atoms with Gasteiger partial charge in [0.2, 0.25) is 11.8 Å². The number of halogens is 2. The number of anilines is 2. The van der Waals surface area contributed by atoms with Gasteiger partial charge in [0.05, 0.1) is 44.2 Å². The van der Waals surface area contributed by atoms with Crippen molar-refractivity contribution in [3.05, 3.63) is 154 Å². The minimum atomic E-state index is -0.771. The van der Waals surface area contributed by atoms with Gasteiger partial charge in [0, 0.05) is 99.7 Å². The van der Waals surface area contributed by atoms with Gasteiger partial charge >= 0.3 is 0 Å². The lowest BCUT2D eigenvalue weighted by Crippen LogP contribution is -2.51. The van der Waals surface area contributed by atoms with Crippen LogP contribution in [0, 0.1) is 18.6 Å². The van der Waals surface area contributed by atoms with Crippen molar-refractivity contribution in [1.29, 1.82) is 0 Å². The molecule has 4 aliphatic heterocycles. The van der Waals surface area contributed by atoms with Gasteiger partial charge in [-0.3, -0.25) is 24.2 Å². The molecule has 1 N–H and O–H groups in total. The lowest BCUT2D eigenvalue weighted by Gasteiger charge is -2.41. The van der Waals surface area contributed by atoms with Gasteiger partial charge in [0.1, 0.15) is 23.9 Å². The summed E-state index contributed by atoms with van der Waals surface area (Å²) >= 11 is 0. The Labute approximate surface area is 430 Å². The topological polar surface area (TPSA) is 133 Å². The molecule has 2 fully saturated rings. The maximum Gasteiger partial charge on any atom is 0.265 e. The average molecular weight is 1010 g/mol. The molecule has 4 aromatic carbocycles. The highest BCUT2D eigenvalue weighted by Gasteiger charge is 2.36. The molecule has 4 aliphatic rings. The number of piperidine rings is 1. The number of aromatic nitrogens is 2. The standard InChI is InChI=1S/C58H63F2N7O7/c1-38-55(58(71)67(44-12-14-47(68)15-13-44)45-31-53(60)56(72-3)61-33-45)51(37-62(38)2)49-28-40-17-20-65(54(69)30-41-11-16-48(32-52(41)59)74-26-23-63-21-24-73-25-22-63)34-43(40)29-50(49)57(70)66-35-42-10-6-5-9-39(42)27-46(66)36-64-18-7-4-8-19-64/h5-6,9-16,28-29,31-33,37,46,68H,4,7-8,17-27,30,34-36H2,1-3H3/t46-/m0/s1. The van der Waals surface area contributed by atoms with Gasteiger partial charge in [-0.1, -0.05) is 36.8 Å². The van der Waals surface area contributed by atoms with Gasteiger partial charge in [0.15, 0.2) is 5.82 Å². The van der Waals surface area contributed by atoms with Crippen LogP contribution in [-0.2, 0) is 48.9 Å². The van der Waals surface area contributed by atoms with Gasteiger partial charge in [-0.15, -0.1) is 0 Å². The smallest absolute Gasteiger partial charge is 0.265 e. The molecule has 0 spiro atoms. The van der Waals surface area contributed by atoms with E-state index >= 15 is 18.4 Å². The number of aromatic hydroxyl groups is 1. The van der Waals surface area contributed by atoms with Crippen LogP contribution < -0.4 is 14.4 Å². The third-order valence-electron chi connectivity index (χ3n) is 15.2. The first-order valence-corrected chi connectivity index (χ1v) is 25.7. The molecule has 1 atom stereocenters. The van der Waals surface area contributed by atoms with E-state index in [9.17, 15) is 9.90 Å². The number of amides is 3. The summed E-state index contributed by atoms with van der Waals surface area (Å²) in [5.74, 6) is -2.09. The minimum Gasteiger partial charge on any atom is -0.508 e. The van der Waals surface area contributed by atoms with E-state index < -0.39 is 17.5 Å². The van der Waals surface area contributed by atoms with Crippen molar-refractivity contribution in [2.45, 2.75) is 64.6 Å². The molecular weight excluding hydrogens is 945 g/mol. The van der Waals surface area contributed by atoms with Crippen molar-refractivity contribution < 1.29 is 42.5 Å². The quantitative estimate of drug-likeness (QED) is 0.114. The molecule has 3 amide bonds. The molecule has 0 saturated carbocycles. The Morgan fingerprint density at radius 2 is 1.58 bits per heavy atom. The van der Waals surface area contributed by atoms with Crippen molar-refractivity contribution in [3.63, 3.8) is 0 Å². The first-order valence-electron chi connectivity index (χ1n) is 25.7. The number of rotatable bonds is 14. The predicted molar refractivity (Wildman–Crippen MR) is 277 cm³/mol. The largest absolute Gasteiger partial charge is 0.508 e. The summed E-state index contributed by atoms with van der Waals surface area (Å²) < 4.78 is 49.4. The Morgan fingerprint density at radius 1 is 0.811 bits per heavy atom. The number of ether oxygens (including phenoxy) is 3. The second kappa shape index (κ2) is 22.1. The zero-order chi connectivity index (χ0) is 51.5. The van der Waals surface area contributed by atoms with Crippen LogP contribution in [0.5, 0.6) is 17.4 Å². The minimum absolute atomic E-state index is 0.0182. The van der Waals surface area contributed by atoms with Gasteiger partial charge in [0.25, 0.3) is 11.8 Å². The summed E-state index contributed by atoms with van der Waals surface area (Å²) in [5.41, 5.74) is 7.03. The SMILES string of the molecule is COc1ncc(N(C(=O)c2c(-c3cc4c(cc3C(=O)N3Cc5ccccc5C[C@H]3CN3CCCCC3)CN(C(=O)Cc3ccc(OCCN5CCOCC5)cc3F)CC4)cn(C)c2C)c2ccc(O)cc2)cc1F. The summed E-state index contributed by atoms with van der Waals surface area (Å²) in [6.07, 6.45) is 7.58. The molecule has 6 heterocycles. The number of pyridine rings is 1. The van der Waals surface area contributed by atoms with E-state index in [1.807, 2.05) is 53.9 Å². The highest BCUT2D eigenvalue weighted by atomic mass is 19.1. The van der Waals surface area contributed by atoms with E-state index in [4.69, 9.17) is 14.2 Å². The van der Waals surface area contributed by atoms with Crippen LogP contribution in [0.25, 0.3) is 11.1 Å². The van der Waals surface area contributed by atoms with Gasteiger partial charge in [-0.05, 0) is 122 Å². The van der Waals surface area contributed by atoms with Crippen molar-refractivity contribution in [2.75, 3.05) is 77.6 Å². The number of aryl methyl sites for hydroxylation is 1. The predicted octanol–water partition coefficient (Wildman–Crippen LogP) is 8.26. The first-order chi connectivity index (χ1) is 35.9. The zero-order valence-electron chi connectivity index (χ0n) is 42.3. The van der Waals surface area contributed by atoms with Crippen molar-refractivity contribution in [2.24, 2.45) is 7.05 Å². The van der Waals surface area contributed by atoms with Crippen LogP contribution in [0.15, 0.2) is 97.3 Å². The van der Waals surface area contributed by atoms with E-state index in [2.05, 4.69) is 26.9 Å². The number of likely N-dealkylation sites (tertiary alicyclic amines) is 1. The van der Waals surface area contributed by atoms with E-state index in [0.29, 0.717) is 92.7 Å². The molecule has 16 heteroatoms. The van der Waals surface area contributed by atoms with Crippen LogP contribution in [0.1, 0.15) is 73.5 Å². The maximum absolute atomic E-state index is 15.9. The monoisotopic (exact) mass is 1010 g/mol. The molecule has 0 radical (unpaired) electrons. The summed E-state index contributed by atoms with van der Waals surface area (Å²) in [7, 11) is 3.15. The third kappa shape index (κ3) is 10.8. The first kappa shape index (κ1) is 50.4. The molecule has 10 rings (SSSR count). The van der Waals surface area contributed by atoms with Crippen molar-refractivity contribution in [3.8, 4) is 28.5 Å². The Morgan fingerprint density at radius 3 is 2.32 bits per heavy atom. The Kier molecular flexibility index (Phi) is 15.1. The molecule has 0 aliphatic carbocycles. The van der Waals surface area contributed by atoms with Crippen LogP contribution in [0.3, 0.4) is 0 Å². The highest BCUT2D eigenvalue weighted by molar-refractivity contribution is 6.16. The van der Waals surface area contributed by atoms with Crippen LogP contribution >= 0.6 is 0 Å². The number of nitrogens with zero attached hydrogens (tertiary/aromatic N) is 7. The van der Waals surface area contributed by atoms with Gasteiger partial charge in [-0.25, -0.2) is 13.8 Å². The Hall–Kier alpha value is -7.14. The second-order valence-electron chi connectivity index (χ2n) is 19.8. The number of carbonyl (C=O) groups is 3. The number of phenols is 1. The van der Waals surface area contributed by atoms with Crippen molar-refractivity contribution >= 4 is 29.1 Å². The molecule has 0 bridgehead atoms. The molecule has 6 aromatic rings. The lowest BCUT2D eigenvalue weighted by atomic mass is 9.87. The van der Waals surface area contributed by atoms with Gasteiger partial charge in [-0.2, -0.15) is 0 Å². The summed E-state index contributed by atoms with van der Waals surface area (Å²) in [5, 5.41) is 10.3. The molecular formula is C58H63F2N7O7. The molecule has 0 unspecified atom stereocenters. The van der Waals surface area contributed by atoms with Crippen LogP contribution in [0.2, 0.25) is 0 Å². The van der Waals surface area contributed by atoms with Crippen LogP contribution in [-0.4, -0.2) is 131 Å². The summed E-state index contributed by atoms with van der Waals surface area (Å²) in [6, 6.07) is 23.9. The fraction of sp³-hybridized carbons (Fsp3) is 0.379. The fourth-order valence-electron chi connectivity index (χ4n) is 10.9. The number of methoxy groups -OCH3 is 1. The Balaban J connectivity index is 1.01. The second-order valence-corrected chi connectivity index (χ2v) is 19.8. The molecule has 2 saturated heterocycles. The number of morpholine rings is 1. The number of fused-ring (bicyclic) bond motifs is 2. The summed E-state index contributed by atoms with van der Waals surface area (Å²) in [4.78, 5) is 59.4. The number of hydrogen-bond acceptors (Lipinski definition) is 10. The molecule has 2 aromatic heterocycles. The van der Waals surface area contributed by atoms with Crippen molar-refractivity contribution in [1.82, 2.24) is 29.2 Å².